The molecule has 0 saturated carbocycles. The smallest absolute Gasteiger partial charge is 0.0462 e. The van der Waals surface area contributed by atoms with Gasteiger partial charge in [0.1, 0.15) is 0 Å². The van der Waals surface area contributed by atoms with E-state index in [0.29, 0.717) is 0 Å². The molecule has 0 radical (unpaired) electrons. The van der Waals surface area contributed by atoms with Crippen molar-refractivity contribution in [1.82, 2.24) is 10.2 Å². The SMILES string of the molecule is COCCCCN1CCCC(CNC(C)(C)C)C1. The van der Waals surface area contributed by atoms with Crippen LogP contribution in [0.4, 0.5) is 0 Å². The molecule has 1 rings (SSSR count). The minimum atomic E-state index is 0.251. The maximum atomic E-state index is 5.10. The number of methoxy groups -OCH3 is 1. The molecule has 0 bridgehead atoms. The van der Waals surface area contributed by atoms with Gasteiger partial charge in [-0.2, -0.15) is 0 Å². The van der Waals surface area contributed by atoms with Gasteiger partial charge in [-0.05, 0) is 72.0 Å². The molecule has 0 amide bonds. The number of unbranched alkanes of at least 4 members (excludes halogenated alkanes) is 1. The first kappa shape index (κ1) is 15.9. The fraction of sp³-hybridized carbons (Fsp3) is 1.00. The van der Waals surface area contributed by atoms with Gasteiger partial charge in [0.15, 0.2) is 0 Å². The van der Waals surface area contributed by atoms with Crippen LogP contribution in [-0.4, -0.2) is 50.3 Å². The second kappa shape index (κ2) is 8.13. The lowest BCUT2D eigenvalue weighted by atomic mass is 9.96. The quantitative estimate of drug-likeness (QED) is 0.708. The van der Waals surface area contributed by atoms with Gasteiger partial charge in [-0.3, -0.25) is 0 Å². The van der Waals surface area contributed by atoms with Gasteiger partial charge >= 0.3 is 0 Å². The highest BCUT2D eigenvalue weighted by Crippen LogP contribution is 2.17. The highest BCUT2D eigenvalue weighted by atomic mass is 16.5. The van der Waals surface area contributed by atoms with Crippen LogP contribution in [0.15, 0.2) is 0 Å². The van der Waals surface area contributed by atoms with Crippen molar-refractivity contribution in [3.05, 3.63) is 0 Å². The Morgan fingerprint density at radius 1 is 1.28 bits per heavy atom. The maximum Gasteiger partial charge on any atom is 0.0462 e. The molecule has 108 valence electrons. The lowest BCUT2D eigenvalue weighted by Gasteiger charge is -2.34. The topological polar surface area (TPSA) is 24.5 Å². The molecule has 0 aromatic heterocycles. The summed E-state index contributed by atoms with van der Waals surface area (Å²) in [5, 5.41) is 3.64. The summed E-state index contributed by atoms with van der Waals surface area (Å²) in [5.41, 5.74) is 0.251. The van der Waals surface area contributed by atoms with Crippen LogP contribution < -0.4 is 5.32 Å². The molecule has 1 heterocycles. The van der Waals surface area contributed by atoms with E-state index in [1.807, 2.05) is 0 Å². The van der Waals surface area contributed by atoms with Crippen LogP contribution in [0.25, 0.3) is 0 Å². The molecule has 1 saturated heterocycles. The van der Waals surface area contributed by atoms with Gasteiger partial charge < -0.3 is 15.0 Å². The minimum absolute atomic E-state index is 0.251. The van der Waals surface area contributed by atoms with Gasteiger partial charge in [-0.25, -0.2) is 0 Å². The van der Waals surface area contributed by atoms with Crippen LogP contribution in [0.1, 0.15) is 46.5 Å². The zero-order valence-electron chi connectivity index (χ0n) is 12.8. The fourth-order valence-corrected chi connectivity index (χ4v) is 2.55. The Kier molecular flexibility index (Phi) is 7.20. The van der Waals surface area contributed by atoms with Gasteiger partial charge in [-0.15, -0.1) is 0 Å². The predicted molar refractivity (Wildman–Crippen MR) is 78.0 cm³/mol. The van der Waals surface area contributed by atoms with E-state index in [0.717, 1.165) is 19.1 Å². The average Bonchev–Trinajstić information content (AvgIpc) is 2.32. The molecule has 0 aliphatic carbocycles. The molecule has 1 fully saturated rings. The monoisotopic (exact) mass is 256 g/mol. The second-order valence-corrected chi connectivity index (χ2v) is 6.64. The van der Waals surface area contributed by atoms with E-state index in [1.54, 1.807) is 7.11 Å². The first-order chi connectivity index (χ1) is 8.51. The minimum Gasteiger partial charge on any atom is -0.385 e. The van der Waals surface area contributed by atoms with Crippen LogP contribution in [-0.2, 0) is 4.74 Å². The Labute approximate surface area is 113 Å². The summed E-state index contributed by atoms with van der Waals surface area (Å²) in [6.07, 6.45) is 5.21. The van der Waals surface area contributed by atoms with Crippen LogP contribution in [0.3, 0.4) is 0 Å². The van der Waals surface area contributed by atoms with Crippen molar-refractivity contribution in [2.24, 2.45) is 5.92 Å². The van der Waals surface area contributed by atoms with E-state index in [1.165, 1.54) is 45.3 Å². The lowest BCUT2D eigenvalue weighted by molar-refractivity contribution is 0.151. The van der Waals surface area contributed by atoms with Crippen molar-refractivity contribution in [2.45, 2.75) is 52.0 Å². The Morgan fingerprint density at radius 3 is 2.72 bits per heavy atom. The summed E-state index contributed by atoms with van der Waals surface area (Å²) in [7, 11) is 1.79. The first-order valence-electron chi connectivity index (χ1n) is 7.47. The second-order valence-electron chi connectivity index (χ2n) is 6.64. The molecule has 18 heavy (non-hydrogen) atoms. The molecule has 3 heteroatoms. The number of hydrogen-bond acceptors (Lipinski definition) is 3. The number of ether oxygens (including phenoxy) is 1. The van der Waals surface area contributed by atoms with Crippen LogP contribution in [0, 0.1) is 5.92 Å². The van der Waals surface area contributed by atoms with Crippen molar-refractivity contribution in [1.29, 1.82) is 0 Å². The largest absolute Gasteiger partial charge is 0.385 e. The molecule has 1 unspecified atom stereocenters. The molecule has 1 aliphatic heterocycles. The summed E-state index contributed by atoms with van der Waals surface area (Å²) in [5.74, 6) is 0.834. The Morgan fingerprint density at radius 2 is 2.06 bits per heavy atom. The van der Waals surface area contributed by atoms with Crippen molar-refractivity contribution in [3.8, 4) is 0 Å². The van der Waals surface area contributed by atoms with E-state index in [4.69, 9.17) is 4.74 Å². The predicted octanol–water partition coefficient (Wildman–Crippen LogP) is 2.51. The Balaban J connectivity index is 2.15. The normalized spacial score (nSPS) is 22.3. The maximum absolute atomic E-state index is 5.10. The van der Waals surface area contributed by atoms with E-state index in [9.17, 15) is 0 Å². The van der Waals surface area contributed by atoms with E-state index >= 15 is 0 Å². The van der Waals surface area contributed by atoms with Crippen LogP contribution >= 0.6 is 0 Å². The standard InChI is InChI=1S/C15H32N2O/c1-15(2,3)16-12-14-8-7-10-17(13-14)9-5-6-11-18-4/h14,16H,5-13H2,1-4H3. The fourth-order valence-electron chi connectivity index (χ4n) is 2.55. The highest BCUT2D eigenvalue weighted by molar-refractivity contribution is 4.78. The van der Waals surface area contributed by atoms with Crippen molar-refractivity contribution >= 4 is 0 Å². The summed E-state index contributed by atoms with van der Waals surface area (Å²) in [4.78, 5) is 2.63. The van der Waals surface area contributed by atoms with E-state index in [-0.39, 0.29) is 5.54 Å². The summed E-state index contributed by atoms with van der Waals surface area (Å²) < 4.78 is 5.10. The third-order valence-electron chi connectivity index (χ3n) is 3.60. The van der Waals surface area contributed by atoms with Crippen molar-refractivity contribution in [2.75, 3.05) is 39.9 Å². The van der Waals surface area contributed by atoms with E-state index < -0.39 is 0 Å². The molecule has 1 N–H and O–H groups in total. The molecular weight excluding hydrogens is 224 g/mol. The van der Waals surface area contributed by atoms with Gasteiger partial charge in [0.05, 0.1) is 0 Å². The van der Waals surface area contributed by atoms with Crippen molar-refractivity contribution < 1.29 is 4.74 Å². The molecule has 0 aromatic carbocycles. The number of hydrogen-bond donors (Lipinski definition) is 1. The summed E-state index contributed by atoms with van der Waals surface area (Å²) in [6.45, 7) is 12.6. The average molecular weight is 256 g/mol. The number of piperidine rings is 1. The number of rotatable bonds is 7. The van der Waals surface area contributed by atoms with Gasteiger partial charge in [0, 0.05) is 25.8 Å². The molecule has 0 spiro atoms. The highest BCUT2D eigenvalue weighted by Gasteiger charge is 2.20. The van der Waals surface area contributed by atoms with Gasteiger partial charge in [0.2, 0.25) is 0 Å². The van der Waals surface area contributed by atoms with Gasteiger partial charge in [0.25, 0.3) is 0 Å². The van der Waals surface area contributed by atoms with Gasteiger partial charge in [-0.1, -0.05) is 0 Å². The van der Waals surface area contributed by atoms with Crippen LogP contribution in [0.5, 0.6) is 0 Å². The molecule has 0 aromatic rings. The zero-order chi connectivity index (χ0) is 13.4. The molecule has 3 nitrogen and oxygen atoms in total. The summed E-state index contributed by atoms with van der Waals surface area (Å²) >= 11 is 0. The molecule has 1 aliphatic rings. The Bertz CT molecular complexity index is 213. The third-order valence-corrected chi connectivity index (χ3v) is 3.60. The Hall–Kier alpha value is -0.120. The first-order valence-corrected chi connectivity index (χ1v) is 7.47. The zero-order valence-corrected chi connectivity index (χ0v) is 12.8. The number of likely N-dealkylation sites (tertiary alicyclic amines) is 1. The molecular formula is C15H32N2O. The number of nitrogens with one attached hydrogen (secondary N) is 1. The van der Waals surface area contributed by atoms with Crippen LogP contribution in [0.2, 0.25) is 0 Å². The van der Waals surface area contributed by atoms with E-state index in [2.05, 4.69) is 31.0 Å². The summed E-state index contributed by atoms with van der Waals surface area (Å²) in [6, 6.07) is 0. The third kappa shape index (κ3) is 7.34. The molecule has 1 atom stereocenters. The number of nitrogens with zero attached hydrogens (tertiary/aromatic N) is 1. The lowest BCUT2D eigenvalue weighted by Crippen LogP contribution is -2.44. The van der Waals surface area contributed by atoms with Crippen molar-refractivity contribution in [3.63, 3.8) is 0 Å².